The van der Waals surface area contributed by atoms with Gasteiger partial charge in [-0.05, 0) is 69.4 Å². The molecule has 1 aromatic heterocycles. The van der Waals surface area contributed by atoms with E-state index < -0.39 is 42.2 Å². The summed E-state index contributed by atoms with van der Waals surface area (Å²) in [6, 6.07) is 6.94. The second kappa shape index (κ2) is 18.1. The van der Waals surface area contributed by atoms with Gasteiger partial charge in [0.1, 0.15) is 23.3 Å². The summed E-state index contributed by atoms with van der Waals surface area (Å²) >= 11 is 0. The fourth-order valence-electron chi connectivity index (χ4n) is 7.60. The van der Waals surface area contributed by atoms with Crippen LogP contribution in [0.5, 0.6) is 17.2 Å². The molecular weight excluding hydrogens is 764 g/mol. The summed E-state index contributed by atoms with van der Waals surface area (Å²) in [5, 5.41) is 7.85. The first kappa shape index (κ1) is 42.3. The molecule has 1 unspecified atom stereocenters. The number of imide groups is 2. The molecule has 0 bridgehead atoms. The maximum atomic E-state index is 13.4. The van der Waals surface area contributed by atoms with Gasteiger partial charge in [-0.1, -0.05) is 6.07 Å². The third kappa shape index (κ3) is 9.08. The number of benzene rings is 2. The van der Waals surface area contributed by atoms with Gasteiger partial charge < -0.3 is 44.1 Å². The Morgan fingerprint density at radius 3 is 2.24 bits per heavy atom. The molecule has 0 spiro atoms. The van der Waals surface area contributed by atoms with Crippen LogP contribution in [0.15, 0.2) is 41.3 Å². The lowest BCUT2D eigenvalue weighted by molar-refractivity contribution is -0.136. The average Bonchev–Trinajstić information content (AvgIpc) is 3.46. The highest BCUT2D eigenvalue weighted by Crippen LogP contribution is 2.38. The SMILES string of the molecule is COc1cc(-c2cn(C)c(=O)c3c2CCN(C(=O)NCCN(C)CCNC(=O)COc2cccc4c2C(=O)N(C2CCC(=O)NC2=O)C4=O)C3)cc(OC)c1CN(C)C. The van der Waals surface area contributed by atoms with Crippen LogP contribution in [0.3, 0.4) is 0 Å². The van der Waals surface area contributed by atoms with E-state index in [2.05, 4.69) is 16.0 Å². The van der Waals surface area contributed by atoms with Crippen molar-refractivity contribution < 1.29 is 43.0 Å². The van der Waals surface area contributed by atoms with E-state index in [1.807, 2.05) is 49.3 Å². The van der Waals surface area contributed by atoms with Gasteiger partial charge in [-0.25, -0.2) is 4.79 Å². The Labute approximate surface area is 341 Å². The Morgan fingerprint density at radius 2 is 1.58 bits per heavy atom. The maximum Gasteiger partial charge on any atom is 0.317 e. The second-order valence-electron chi connectivity index (χ2n) is 15.0. The Kier molecular flexibility index (Phi) is 13.0. The molecule has 6 rings (SSSR count). The molecular formula is C41H50N8O10. The number of hydrogen-bond donors (Lipinski definition) is 3. The van der Waals surface area contributed by atoms with Crippen LogP contribution in [0.25, 0.3) is 11.1 Å². The molecule has 3 aromatic rings. The predicted molar refractivity (Wildman–Crippen MR) is 214 cm³/mol. The third-order valence-electron chi connectivity index (χ3n) is 10.6. The highest BCUT2D eigenvalue weighted by molar-refractivity contribution is 6.24. The van der Waals surface area contributed by atoms with Crippen LogP contribution in [-0.2, 0) is 40.9 Å². The first-order valence-electron chi connectivity index (χ1n) is 19.3. The summed E-state index contributed by atoms with van der Waals surface area (Å²) in [6.07, 6.45) is 2.33. The van der Waals surface area contributed by atoms with Crippen molar-refractivity contribution >= 4 is 35.6 Å². The lowest BCUT2D eigenvalue weighted by Gasteiger charge is -2.30. The van der Waals surface area contributed by atoms with Crippen LogP contribution >= 0.6 is 0 Å². The number of methoxy groups -OCH3 is 2. The van der Waals surface area contributed by atoms with E-state index in [0.717, 1.165) is 27.2 Å². The Hall–Kier alpha value is -6.27. The molecule has 0 saturated carbocycles. The monoisotopic (exact) mass is 814 g/mol. The van der Waals surface area contributed by atoms with Gasteiger partial charge in [0.2, 0.25) is 11.8 Å². The van der Waals surface area contributed by atoms with Crippen LogP contribution in [0.1, 0.15) is 50.2 Å². The number of aromatic nitrogens is 1. The minimum Gasteiger partial charge on any atom is -0.496 e. The molecule has 4 heterocycles. The van der Waals surface area contributed by atoms with Crippen molar-refractivity contribution in [2.45, 2.75) is 38.4 Å². The third-order valence-corrected chi connectivity index (χ3v) is 10.6. The van der Waals surface area contributed by atoms with Gasteiger partial charge in [0.15, 0.2) is 6.61 Å². The van der Waals surface area contributed by atoms with E-state index in [1.165, 1.54) is 22.8 Å². The van der Waals surface area contributed by atoms with Crippen LogP contribution in [0.4, 0.5) is 4.79 Å². The molecule has 18 nitrogen and oxygen atoms in total. The molecule has 3 aliphatic rings. The first-order valence-corrected chi connectivity index (χ1v) is 19.3. The molecule has 1 saturated heterocycles. The molecule has 314 valence electrons. The van der Waals surface area contributed by atoms with E-state index in [9.17, 15) is 33.6 Å². The summed E-state index contributed by atoms with van der Waals surface area (Å²) in [4.78, 5) is 96.0. The first-order chi connectivity index (χ1) is 28.2. The summed E-state index contributed by atoms with van der Waals surface area (Å²) < 4.78 is 18.7. The zero-order valence-corrected chi connectivity index (χ0v) is 34.1. The normalized spacial score (nSPS) is 16.2. The number of piperidine rings is 1. The summed E-state index contributed by atoms with van der Waals surface area (Å²) in [5.74, 6) is -1.65. The number of amides is 7. The van der Waals surface area contributed by atoms with Crippen LogP contribution in [0, 0.1) is 0 Å². The summed E-state index contributed by atoms with van der Waals surface area (Å²) in [7, 11) is 10.7. The van der Waals surface area contributed by atoms with E-state index in [4.69, 9.17) is 14.2 Å². The van der Waals surface area contributed by atoms with Gasteiger partial charge in [0.25, 0.3) is 23.3 Å². The molecule has 2 aromatic carbocycles. The molecule has 0 aliphatic carbocycles. The summed E-state index contributed by atoms with van der Waals surface area (Å²) in [5.41, 5.74) is 3.95. The fraction of sp³-hybridized carbons (Fsp3) is 0.439. The minimum absolute atomic E-state index is 0.00196. The Balaban J connectivity index is 0.969. The zero-order valence-electron chi connectivity index (χ0n) is 34.1. The number of nitrogens with one attached hydrogen (secondary N) is 3. The van der Waals surface area contributed by atoms with Crippen molar-refractivity contribution in [3.05, 3.63) is 74.7 Å². The van der Waals surface area contributed by atoms with Gasteiger partial charge >= 0.3 is 6.03 Å². The Morgan fingerprint density at radius 1 is 0.881 bits per heavy atom. The lowest BCUT2D eigenvalue weighted by atomic mass is 9.91. The van der Waals surface area contributed by atoms with Gasteiger partial charge in [-0.2, -0.15) is 0 Å². The molecule has 3 N–H and O–H groups in total. The molecule has 18 heteroatoms. The number of hydrogen-bond acceptors (Lipinski definition) is 12. The van der Waals surface area contributed by atoms with Crippen molar-refractivity contribution in [1.29, 1.82) is 0 Å². The van der Waals surface area contributed by atoms with Crippen molar-refractivity contribution in [1.82, 2.24) is 40.1 Å². The quantitative estimate of drug-likeness (QED) is 0.182. The number of carbonyl (C=O) groups is 6. The lowest BCUT2D eigenvalue weighted by Crippen LogP contribution is -2.54. The van der Waals surface area contributed by atoms with Gasteiger partial charge in [0, 0.05) is 70.1 Å². The largest absolute Gasteiger partial charge is 0.496 e. The van der Waals surface area contributed by atoms with Gasteiger partial charge in [0.05, 0.1) is 37.5 Å². The van der Waals surface area contributed by atoms with Crippen molar-refractivity contribution in [3.63, 3.8) is 0 Å². The van der Waals surface area contributed by atoms with Crippen LogP contribution in [0.2, 0.25) is 0 Å². The van der Waals surface area contributed by atoms with E-state index >= 15 is 0 Å². The standard InChI is InChI=1S/C41H50N8O10/c1-45(2)20-29-32(57-5)18-24(19-33(29)58-6)27-21-47(4)38(53)28-22-48(15-12-25(27)28)41(56)43-14-17-46(3)16-13-42-35(51)23-59-31-9-7-8-26-36(31)40(55)49(39(26)54)30-10-11-34(50)44-37(30)52/h7-9,18-19,21,30H,10-17,20,22-23H2,1-6H3,(H,42,51)(H,43,56)(H,44,50,52). The van der Waals surface area contributed by atoms with Crippen molar-refractivity contribution in [2.75, 3.05) is 74.7 Å². The topological polar surface area (TPSA) is 201 Å². The molecule has 59 heavy (non-hydrogen) atoms. The second-order valence-corrected chi connectivity index (χ2v) is 15.0. The molecule has 0 radical (unpaired) electrons. The van der Waals surface area contributed by atoms with Gasteiger partial charge in [-0.15, -0.1) is 0 Å². The van der Waals surface area contributed by atoms with Crippen LogP contribution in [-0.4, -0.2) is 140 Å². The number of fused-ring (bicyclic) bond motifs is 2. The number of carbonyl (C=O) groups excluding carboxylic acids is 6. The number of nitrogens with zero attached hydrogens (tertiary/aromatic N) is 5. The summed E-state index contributed by atoms with van der Waals surface area (Å²) in [6.45, 7) is 2.31. The molecule has 1 fully saturated rings. The minimum atomic E-state index is -1.12. The number of rotatable bonds is 15. The Bertz CT molecular complexity index is 2210. The molecule has 1 atom stereocenters. The number of urea groups is 1. The van der Waals surface area contributed by atoms with E-state index in [1.54, 1.807) is 26.2 Å². The van der Waals surface area contributed by atoms with Crippen LogP contribution < -0.4 is 35.7 Å². The number of pyridine rings is 1. The maximum absolute atomic E-state index is 13.4. The fourth-order valence-corrected chi connectivity index (χ4v) is 7.60. The molecule has 3 aliphatic heterocycles. The van der Waals surface area contributed by atoms with E-state index in [0.29, 0.717) is 56.2 Å². The average molecular weight is 815 g/mol. The van der Waals surface area contributed by atoms with E-state index in [-0.39, 0.29) is 54.4 Å². The predicted octanol–water partition coefficient (Wildman–Crippen LogP) is 0.727. The zero-order chi connectivity index (χ0) is 42.5. The number of aryl methyl sites for hydroxylation is 1. The number of ether oxygens (including phenoxy) is 3. The van der Waals surface area contributed by atoms with Crippen molar-refractivity contribution in [2.24, 2.45) is 7.05 Å². The van der Waals surface area contributed by atoms with Gasteiger partial charge in [-0.3, -0.25) is 39.0 Å². The van der Waals surface area contributed by atoms with Crippen molar-refractivity contribution in [3.8, 4) is 28.4 Å². The molecule has 7 amide bonds. The smallest absolute Gasteiger partial charge is 0.317 e. The number of likely N-dealkylation sites (N-methyl/N-ethyl adjacent to an activating group) is 1. The highest BCUT2D eigenvalue weighted by atomic mass is 16.5. The highest BCUT2D eigenvalue weighted by Gasteiger charge is 2.46.